The van der Waals surface area contributed by atoms with Crippen LogP contribution in [0.15, 0.2) is 36.9 Å². The Morgan fingerprint density at radius 2 is 2.21 bits per heavy atom. The first-order chi connectivity index (χ1) is 11.8. The average Bonchev–Trinajstić information content (AvgIpc) is 3.30. The van der Waals surface area contributed by atoms with Gasteiger partial charge in [0.2, 0.25) is 5.69 Å². The molecule has 24 heavy (non-hydrogen) atoms. The minimum absolute atomic E-state index is 0.361. The van der Waals surface area contributed by atoms with Gasteiger partial charge in [0, 0.05) is 38.6 Å². The van der Waals surface area contributed by atoms with Crippen LogP contribution in [0.25, 0.3) is 15.9 Å². The molecule has 1 saturated heterocycles. The summed E-state index contributed by atoms with van der Waals surface area (Å²) >= 11 is 0. The SMILES string of the molecule is [C-]#[N+]c1ccc(N(C)[C@H]2CCN(c3ncnc4[nH]ccc34)C2)nc1. The maximum atomic E-state index is 7.01. The minimum atomic E-state index is 0.361. The molecule has 1 aliphatic rings. The number of aromatic nitrogens is 4. The van der Waals surface area contributed by atoms with Gasteiger partial charge in [-0.05, 0) is 18.6 Å². The molecule has 0 bridgehead atoms. The van der Waals surface area contributed by atoms with E-state index >= 15 is 0 Å². The van der Waals surface area contributed by atoms with Crippen molar-refractivity contribution < 1.29 is 0 Å². The third-order valence-electron chi connectivity index (χ3n) is 4.57. The normalized spacial score (nSPS) is 17.2. The van der Waals surface area contributed by atoms with Crippen LogP contribution in [-0.2, 0) is 0 Å². The van der Waals surface area contributed by atoms with Crippen molar-refractivity contribution in [3.05, 3.63) is 48.3 Å². The number of pyridine rings is 1. The Balaban J connectivity index is 1.53. The van der Waals surface area contributed by atoms with Gasteiger partial charge in [0.15, 0.2) is 0 Å². The third-order valence-corrected chi connectivity index (χ3v) is 4.57. The van der Waals surface area contributed by atoms with E-state index in [-0.39, 0.29) is 0 Å². The zero-order valence-corrected chi connectivity index (χ0v) is 13.3. The van der Waals surface area contributed by atoms with E-state index in [9.17, 15) is 0 Å². The Morgan fingerprint density at radius 1 is 1.29 bits per heavy atom. The van der Waals surface area contributed by atoms with E-state index < -0.39 is 0 Å². The van der Waals surface area contributed by atoms with Gasteiger partial charge in [-0.15, -0.1) is 0 Å². The van der Waals surface area contributed by atoms with Gasteiger partial charge < -0.3 is 14.8 Å². The number of fused-ring (bicyclic) bond motifs is 1. The van der Waals surface area contributed by atoms with E-state index in [1.807, 2.05) is 24.4 Å². The van der Waals surface area contributed by atoms with Crippen LogP contribution >= 0.6 is 0 Å². The molecule has 0 unspecified atom stereocenters. The van der Waals surface area contributed by atoms with Crippen molar-refractivity contribution in [2.75, 3.05) is 29.9 Å². The van der Waals surface area contributed by atoms with Crippen LogP contribution < -0.4 is 9.80 Å². The molecule has 3 aromatic heterocycles. The largest absolute Gasteiger partial charge is 0.355 e. The van der Waals surface area contributed by atoms with Crippen molar-refractivity contribution in [1.29, 1.82) is 0 Å². The Hall–Kier alpha value is -3.14. The molecule has 1 N–H and O–H groups in total. The molecule has 120 valence electrons. The first-order valence-corrected chi connectivity index (χ1v) is 7.85. The van der Waals surface area contributed by atoms with E-state index in [4.69, 9.17) is 6.57 Å². The second kappa shape index (κ2) is 5.81. The van der Waals surface area contributed by atoms with Gasteiger partial charge in [0.05, 0.1) is 12.0 Å². The summed E-state index contributed by atoms with van der Waals surface area (Å²) in [6.45, 7) is 8.85. The minimum Gasteiger partial charge on any atom is -0.355 e. The van der Waals surface area contributed by atoms with E-state index in [0.29, 0.717) is 11.7 Å². The number of likely N-dealkylation sites (N-methyl/N-ethyl adjacent to an activating group) is 1. The highest BCUT2D eigenvalue weighted by Gasteiger charge is 2.28. The number of anilines is 2. The summed E-state index contributed by atoms with van der Waals surface area (Å²) in [5.41, 5.74) is 1.43. The monoisotopic (exact) mass is 319 g/mol. The van der Waals surface area contributed by atoms with Gasteiger partial charge in [-0.1, -0.05) is 6.07 Å². The summed E-state index contributed by atoms with van der Waals surface area (Å²) in [6, 6.07) is 6.10. The third kappa shape index (κ3) is 2.42. The summed E-state index contributed by atoms with van der Waals surface area (Å²) in [4.78, 5) is 24.1. The number of hydrogen-bond donors (Lipinski definition) is 1. The average molecular weight is 319 g/mol. The number of aromatic amines is 1. The molecule has 0 amide bonds. The molecule has 4 rings (SSSR count). The molecule has 0 radical (unpaired) electrons. The molecule has 0 saturated carbocycles. The summed E-state index contributed by atoms with van der Waals surface area (Å²) in [5.74, 6) is 1.87. The standard InChI is InChI=1S/C17H17N7/c1-18-12-3-4-15(20-9-12)23(2)13-6-8-24(10-13)17-14-5-7-19-16(14)21-11-22-17/h3-5,7,9,11,13H,6,8,10H2,2H3,(H,19,21,22)/t13-/m0/s1. The maximum Gasteiger partial charge on any atom is 0.205 e. The molecule has 3 aromatic rings. The van der Waals surface area contributed by atoms with Crippen molar-refractivity contribution in [2.24, 2.45) is 0 Å². The number of hydrogen-bond acceptors (Lipinski definition) is 5. The van der Waals surface area contributed by atoms with Crippen molar-refractivity contribution in [3.63, 3.8) is 0 Å². The molecule has 0 aliphatic carbocycles. The van der Waals surface area contributed by atoms with Crippen LogP contribution in [0.5, 0.6) is 0 Å². The summed E-state index contributed by atoms with van der Waals surface area (Å²) in [7, 11) is 2.06. The predicted octanol–water partition coefficient (Wildman–Crippen LogP) is 2.62. The predicted molar refractivity (Wildman–Crippen MR) is 93.4 cm³/mol. The molecule has 7 nitrogen and oxygen atoms in total. The Labute approximate surface area is 139 Å². The summed E-state index contributed by atoms with van der Waals surface area (Å²) in [5, 5.41) is 1.06. The van der Waals surface area contributed by atoms with Crippen LogP contribution in [0, 0.1) is 6.57 Å². The molecule has 0 spiro atoms. The second-order valence-electron chi connectivity index (χ2n) is 5.92. The zero-order chi connectivity index (χ0) is 16.5. The summed E-state index contributed by atoms with van der Waals surface area (Å²) in [6.07, 6.45) is 6.17. The molecular formula is C17H17N7. The first-order valence-electron chi connectivity index (χ1n) is 7.85. The van der Waals surface area contributed by atoms with Crippen molar-refractivity contribution in [2.45, 2.75) is 12.5 Å². The molecular weight excluding hydrogens is 302 g/mol. The molecule has 4 heterocycles. The lowest BCUT2D eigenvalue weighted by Crippen LogP contribution is -2.35. The number of nitrogens with zero attached hydrogens (tertiary/aromatic N) is 6. The smallest absolute Gasteiger partial charge is 0.205 e. The van der Waals surface area contributed by atoms with Gasteiger partial charge >= 0.3 is 0 Å². The van der Waals surface area contributed by atoms with Gasteiger partial charge in [0.1, 0.15) is 23.6 Å². The fourth-order valence-electron chi connectivity index (χ4n) is 3.20. The molecule has 1 fully saturated rings. The van der Waals surface area contributed by atoms with E-state index in [0.717, 1.165) is 42.2 Å². The zero-order valence-electron chi connectivity index (χ0n) is 13.3. The van der Waals surface area contributed by atoms with Crippen molar-refractivity contribution >= 4 is 28.4 Å². The van der Waals surface area contributed by atoms with E-state index in [1.165, 1.54) is 0 Å². The summed E-state index contributed by atoms with van der Waals surface area (Å²) < 4.78 is 0. The number of rotatable bonds is 3. The Kier molecular flexibility index (Phi) is 3.50. The number of H-pyrrole nitrogens is 1. The van der Waals surface area contributed by atoms with Gasteiger partial charge in [-0.3, -0.25) is 4.98 Å². The molecule has 7 heteroatoms. The topological polar surface area (TPSA) is 65.3 Å². The van der Waals surface area contributed by atoms with Crippen LogP contribution in [0.3, 0.4) is 0 Å². The van der Waals surface area contributed by atoms with Crippen LogP contribution in [0.1, 0.15) is 6.42 Å². The van der Waals surface area contributed by atoms with E-state index in [2.05, 4.69) is 41.6 Å². The van der Waals surface area contributed by atoms with Crippen molar-refractivity contribution in [3.8, 4) is 0 Å². The quantitative estimate of drug-likeness (QED) is 0.752. The highest BCUT2D eigenvalue weighted by atomic mass is 15.3. The highest BCUT2D eigenvalue weighted by molar-refractivity contribution is 5.87. The lowest BCUT2D eigenvalue weighted by molar-refractivity contribution is 0.684. The molecule has 0 aromatic carbocycles. The van der Waals surface area contributed by atoms with Crippen LogP contribution in [0.4, 0.5) is 17.3 Å². The van der Waals surface area contributed by atoms with Gasteiger partial charge in [-0.25, -0.2) is 14.8 Å². The fourth-order valence-corrected chi connectivity index (χ4v) is 3.20. The first kappa shape index (κ1) is 14.5. The molecule has 1 aliphatic heterocycles. The van der Waals surface area contributed by atoms with Crippen LogP contribution in [-0.4, -0.2) is 46.1 Å². The lowest BCUT2D eigenvalue weighted by Gasteiger charge is -2.26. The second-order valence-corrected chi connectivity index (χ2v) is 5.92. The Morgan fingerprint density at radius 3 is 3.00 bits per heavy atom. The molecule has 1 atom stereocenters. The van der Waals surface area contributed by atoms with Gasteiger partial charge in [0.25, 0.3) is 0 Å². The van der Waals surface area contributed by atoms with Crippen molar-refractivity contribution in [1.82, 2.24) is 19.9 Å². The van der Waals surface area contributed by atoms with Gasteiger partial charge in [-0.2, -0.15) is 0 Å². The van der Waals surface area contributed by atoms with E-state index in [1.54, 1.807) is 12.5 Å². The number of nitrogens with one attached hydrogen (secondary N) is 1. The highest BCUT2D eigenvalue weighted by Crippen LogP contribution is 2.28. The van der Waals surface area contributed by atoms with Crippen LogP contribution in [0.2, 0.25) is 0 Å². The fraction of sp³-hybridized carbons (Fsp3) is 0.294. The maximum absolute atomic E-state index is 7.01. The Bertz CT molecular complexity index is 893. The lowest BCUT2D eigenvalue weighted by atomic mass is 10.2.